The third-order valence-electron chi connectivity index (χ3n) is 4.51. The average Bonchev–Trinajstić information content (AvgIpc) is 3.22. The Labute approximate surface area is 144 Å². The molecule has 8 heteroatoms. The molecular formula is C17H20FN5O2. The lowest BCUT2D eigenvalue weighted by Gasteiger charge is -2.33. The van der Waals surface area contributed by atoms with Crippen molar-refractivity contribution in [3.8, 4) is 0 Å². The largest absolute Gasteiger partial charge is 0.375 e. The average molecular weight is 345 g/mol. The van der Waals surface area contributed by atoms with Crippen LogP contribution in [0.1, 0.15) is 42.8 Å². The number of aromatic amines is 1. The lowest BCUT2D eigenvalue weighted by Crippen LogP contribution is -2.33. The number of hydrogen-bond acceptors (Lipinski definition) is 6. The van der Waals surface area contributed by atoms with Gasteiger partial charge in [-0.1, -0.05) is 11.6 Å². The number of hydrogen-bond donors (Lipinski definition) is 1. The molecule has 7 nitrogen and oxygen atoms in total. The van der Waals surface area contributed by atoms with E-state index in [9.17, 15) is 4.39 Å². The Balaban J connectivity index is 1.56. The second-order valence-electron chi connectivity index (χ2n) is 6.30. The lowest BCUT2D eigenvalue weighted by molar-refractivity contribution is 0.129. The van der Waals surface area contributed by atoms with Crippen LogP contribution in [0.3, 0.4) is 0 Å². The Hall–Kier alpha value is -2.32. The highest BCUT2D eigenvalue weighted by molar-refractivity contribution is 5.75. The summed E-state index contributed by atoms with van der Waals surface area (Å²) in [7, 11) is 1.59. The van der Waals surface area contributed by atoms with E-state index in [1.807, 2.05) is 0 Å². The van der Waals surface area contributed by atoms with Crippen molar-refractivity contribution in [3.05, 3.63) is 41.6 Å². The number of H-pyrrole nitrogens is 1. The monoisotopic (exact) mass is 345 g/mol. The maximum Gasteiger partial charge on any atom is 0.252 e. The van der Waals surface area contributed by atoms with Crippen LogP contribution in [0.4, 0.5) is 4.39 Å². The van der Waals surface area contributed by atoms with Gasteiger partial charge in [0.05, 0.1) is 23.6 Å². The summed E-state index contributed by atoms with van der Waals surface area (Å²) in [4.78, 5) is 14.6. The van der Waals surface area contributed by atoms with Gasteiger partial charge in [0.15, 0.2) is 5.82 Å². The Morgan fingerprint density at radius 1 is 1.36 bits per heavy atom. The maximum atomic E-state index is 13.4. The van der Waals surface area contributed by atoms with E-state index in [4.69, 9.17) is 9.26 Å². The third kappa shape index (κ3) is 3.40. The Morgan fingerprint density at radius 3 is 3.16 bits per heavy atom. The van der Waals surface area contributed by atoms with Gasteiger partial charge >= 0.3 is 0 Å². The van der Waals surface area contributed by atoms with Gasteiger partial charge in [-0.25, -0.2) is 9.37 Å². The molecule has 4 rings (SSSR count). The molecule has 1 saturated heterocycles. The van der Waals surface area contributed by atoms with E-state index in [0.29, 0.717) is 24.9 Å². The van der Waals surface area contributed by atoms with E-state index >= 15 is 0 Å². The zero-order valence-corrected chi connectivity index (χ0v) is 14.0. The summed E-state index contributed by atoms with van der Waals surface area (Å²) in [6, 6.07) is 4.75. The predicted molar refractivity (Wildman–Crippen MR) is 88.1 cm³/mol. The number of nitrogens with one attached hydrogen (secondary N) is 1. The van der Waals surface area contributed by atoms with Crippen LogP contribution in [0, 0.1) is 5.82 Å². The highest BCUT2D eigenvalue weighted by atomic mass is 19.1. The molecule has 1 aromatic carbocycles. The quantitative estimate of drug-likeness (QED) is 0.766. The first kappa shape index (κ1) is 16.2. The van der Waals surface area contributed by atoms with Crippen molar-refractivity contribution in [2.24, 2.45) is 0 Å². The minimum Gasteiger partial charge on any atom is -0.375 e. The fourth-order valence-electron chi connectivity index (χ4n) is 3.37. The van der Waals surface area contributed by atoms with E-state index in [1.165, 1.54) is 12.1 Å². The van der Waals surface area contributed by atoms with Crippen LogP contribution in [-0.4, -0.2) is 38.7 Å². The minimum absolute atomic E-state index is 0.133. The normalized spacial score (nSPS) is 18.9. The molecule has 0 radical (unpaired) electrons. The van der Waals surface area contributed by atoms with Crippen molar-refractivity contribution in [2.75, 3.05) is 13.7 Å². The van der Waals surface area contributed by atoms with Gasteiger partial charge in [-0.2, -0.15) is 4.98 Å². The SMILES string of the molecule is COCc1nc(CN2CCCCC2c2nc3ccc(F)cc3[nH]2)no1. The second kappa shape index (κ2) is 6.89. The van der Waals surface area contributed by atoms with Crippen LogP contribution in [-0.2, 0) is 17.9 Å². The molecule has 3 aromatic rings. The molecule has 0 amide bonds. The Bertz CT molecular complexity index is 862. The fourth-order valence-corrected chi connectivity index (χ4v) is 3.37. The van der Waals surface area contributed by atoms with Gasteiger partial charge in [-0.05, 0) is 37.6 Å². The van der Waals surface area contributed by atoms with Crippen LogP contribution >= 0.6 is 0 Å². The first-order chi connectivity index (χ1) is 12.2. The van der Waals surface area contributed by atoms with Crippen LogP contribution in [0.25, 0.3) is 11.0 Å². The van der Waals surface area contributed by atoms with E-state index in [0.717, 1.165) is 42.7 Å². The molecule has 25 heavy (non-hydrogen) atoms. The number of piperidine rings is 1. The number of fused-ring (bicyclic) bond motifs is 1. The third-order valence-corrected chi connectivity index (χ3v) is 4.51. The summed E-state index contributed by atoms with van der Waals surface area (Å²) in [6.07, 6.45) is 3.24. The first-order valence-corrected chi connectivity index (χ1v) is 8.42. The molecule has 132 valence electrons. The molecular weight excluding hydrogens is 325 g/mol. The van der Waals surface area contributed by atoms with Crippen molar-refractivity contribution >= 4 is 11.0 Å². The number of halogens is 1. The highest BCUT2D eigenvalue weighted by Gasteiger charge is 2.28. The van der Waals surface area contributed by atoms with Crippen LogP contribution in [0.15, 0.2) is 22.7 Å². The van der Waals surface area contributed by atoms with Gasteiger partial charge in [0.25, 0.3) is 5.89 Å². The second-order valence-corrected chi connectivity index (χ2v) is 6.30. The summed E-state index contributed by atoms with van der Waals surface area (Å²) in [5.41, 5.74) is 1.51. The molecule has 0 aliphatic carbocycles. The number of likely N-dealkylation sites (tertiary alicyclic amines) is 1. The number of nitrogens with zero attached hydrogens (tertiary/aromatic N) is 4. The first-order valence-electron chi connectivity index (χ1n) is 8.42. The zero-order chi connectivity index (χ0) is 17.2. The lowest BCUT2D eigenvalue weighted by atomic mass is 10.0. The number of aromatic nitrogens is 4. The van der Waals surface area contributed by atoms with Crippen molar-refractivity contribution in [1.29, 1.82) is 0 Å². The molecule has 1 unspecified atom stereocenters. The van der Waals surface area contributed by atoms with Gasteiger partial charge in [-0.15, -0.1) is 0 Å². The summed E-state index contributed by atoms with van der Waals surface area (Å²) in [6.45, 7) is 1.83. The molecule has 1 fully saturated rings. The highest BCUT2D eigenvalue weighted by Crippen LogP contribution is 2.31. The molecule has 1 aliphatic heterocycles. The van der Waals surface area contributed by atoms with Gasteiger partial charge in [0.1, 0.15) is 18.2 Å². The summed E-state index contributed by atoms with van der Waals surface area (Å²) >= 11 is 0. The van der Waals surface area contributed by atoms with Gasteiger partial charge < -0.3 is 14.2 Å². The summed E-state index contributed by atoms with van der Waals surface area (Å²) in [5.74, 6) is 1.72. The zero-order valence-electron chi connectivity index (χ0n) is 14.0. The van der Waals surface area contributed by atoms with E-state index in [2.05, 4.69) is 25.0 Å². The van der Waals surface area contributed by atoms with Crippen LogP contribution in [0.5, 0.6) is 0 Å². The number of ether oxygens (including phenoxy) is 1. The van der Waals surface area contributed by atoms with Crippen LogP contribution in [0.2, 0.25) is 0 Å². The van der Waals surface area contributed by atoms with Crippen molar-refractivity contribution < 1.29 is 13.7 Å². The summed E-state index contributed by atoms with van der Waals surface area (Å²) < 4.78 is 23.6. The topological polar surface area (TPSA) is 80.1 Å². The molecule has 1 aliphatic rings. The van der Waals surface area contributed by atoms with Gasteiger partial charge in [0, 0.05) is 7.11 Å². The van der Waals surface area contributed by atoms with Crippen molar-refractivity contribution in [1.82, 2.24) is 25.0 Å². The minimum atomic E-state index is -0.263. The number of methoxy groups -OCH3 is 1. The fraction of sp³-hybridized carbons (Fsp3) is 0.471. The van der Waals surface area contributed by atoms with E-state index in [1.54, 1.807) is 13.2 Å². The number of imidazole rings is 1. The number of benzene rings is 1. The molecule has 2 aromatic heterocycles. The van der Waals surface area contributed by atoms with Crippen molar-refractivity contribution in [3.63, 3.8) is 0 Å². The standard InChI is InChI=1S/C17H20FN5O2/c1-24-10-16-21-15(22-25-16)9-23-7-3-2-4-14(23)17-19-12-6-5-11(18)8-13(12)20-17/h5-6,8,14H,2-4,7,9-10H2,1H3,(H,19,20). The number of rotatable bonds is 5. The Kier molecular flexibility index (Phi) is 4.46. The smallest absolute Gasteiger partial charge is 0.252 e. The summed E-state index contributed by atoms with van der Waals surface area (Å²) in [5, 5.41) is 4.02. The Morgan fingerprint density at radius 2 is 2.28 bits per heavy atom. The molecule has 0 spiro atoms. The molecule has 3 heterocycles. The van der Waals surface area contributed by atoms with E-state index in [-0.39, 0.29) is 11.9 Å². The van der Waals surface area contributed by atoms with Gasteiger partial charge in [-0.3, -0.25) is 4.90 Å². The molecule has 0 saturated carbocycles. The van der Waals surface area contributed by atoms with Crippen molar-refractivity contribution in [2.45, 2.75) is 38.5 Å². The maximum absolute atomic E-state index is 13.4. The molecule has 1 N–H and O–H groups in total. The van der Waals surface area contributed by atoms with Gasteiger partial charge in [0.2, 0.25) is 0 Å². The van der Waals surface area contributed by atoms with Crippen LogP contribution < -0.4 is 0 Å². The van der Waals surface area contributed by atoms with E-state index < -0.39 is 0 Å². The molecule has 0 bridgehead atoms. The molecule has 1 atom stereocenters. The predicted octanol–water partition coefficient (Wildman–Crippen LogP) is 2.96.